The highest BCUT2D eigenvalue weighted by molar-refractivity contribution is 7.91. The quantitative estimate of drug-likeness (QED) is 0.809. The zero-order valence-electron chi connectivity index (χ0n) is 12.9. The van der Waals surface area contributed by atoms with E-state index in [0.29, 0.717) is 13.0 Å². The average Bonchev–Trinajstić information content (AvgIpc) is 2.35. The third-order valence-corrected chi connectivity index (χ3v) is 6.10. The van der Waals surface area contributed by atoms with Gasteiger partial charge in [0, 0.05) is 12.3 Å². The van der Waals surface area contributed by atoms with Gasteiger partial charge in [-0.2, -0.15) is 0 Å². The first-order chi connectivity index (χ1) is 9.05. The molecule has 2 atom stereocenters. The molecular formula is C14H27NO4S. The van der Waals surface area contributed by atoms with Gasteiger partial charge in [0.05, 0.1) is 10.7 Å². The van der Waals surface area contributed by atoms with Crippen LogP contribution < -0.4 is 0 Å². The fraction of sp³-hybridized carbons (Fsp3) is 0.929. The average molecular weight is 305 g/mol. The Labute approximate surface area is 122 Å². The highest BCUT2D eigenvalue weighted by Crippen LogP contribution is 2.29. The van der Waals surface area contributed by atoms with E-state index in [4.69, 9.17) is 5.11 Å². The molecule has 0 heterocycles. The van der Waals surface area contributed by atoms with E-state index in [1.165, 1.54) is 6.26 Å². The molecule has 1 saturated carbocycles. The Hall–Kier alpha value is -0.620. The second kappa shape index (κ2) is 6.43. The standard InChI is InChI=1S/C14H27NO4S/c1-14(2,13(16)17)9-10-15(3)11-7-5-6-8-12(11)20(4,18)19/h11-12H,5-10H2,1-4H3,(H,16,17). The first kappa shape index (κ1) is 17.4. The number of sulfone groups is 1. The van der Waals surface area contributed by atoms with Gasteiger partial charge >= 0.3 is 5.97 Å². The number of hydrogen-bond acceptors (Lipinski definition) is 4. The Bertz CT molecular complexity index is 444. The second-order valence-electron chi connectivity index (χ2n) is 6.64. The largest absolute Gasteiger partial charge is 0.481 e. The maximum Gasteiger partial charge on any atom is 0.309 e. The SMILES string of the molecule is CN(CCC(C)(C)C(=O)O)C1CCCCC1S(C)(=O)=O. The maximum absolute atomic E-state index is 11.9. The van der Waals surface area contributed by atoms with Crippen LogP contribution in [0, 0.1) is 5.41 Å². The van der Waals surface area contributed by atoms with Crippen molar-refractivity contribution in [2.45, 2.75) is 57.2 Å². The van der Waals surface area contributed by atoms with Crippen molar-refractivity contribution in [2.24, 2.45) is 5.41 Å². The number of carboxylic acids is 1. The first-order valence-corrected chi connectivity index (χ1v) is 9.13. The Morgan fingerprint density at radius 1 is 1.30 bits per heavy atom. The number of nitrogens with zero attached hydrogens (tertiary/aromatic N) is 1. The topological polar surface area (TPSA) is 74.7 Å². The molecule has 0 saturated heterocycles. The van der Waals surface area contributed by atoms with E-state index in [1.807, 2.05) is 11.9 Å². The van der Waals surface area contributed by atoms with E-state index in [0.717, 1.165) is 25.7 Å². The van der Waals surface area contributed by atoms with Crippen molar-refractivity contribution < 1.29 is 18.3 Å². The van der Waals surface area contributed by atoms with E-state index in [-0.39, 0.29) is 11.3 Å². The summed E-state index contributed by atoms with van der Waals surface area (Å²) in [5, 5.41) is 8.82. The molecule has 20 heavy (non-hydrogen) atoms. The van der Waals surface area contributed by atoms with E-state index in [1.54, 1.807) is 13.8 Å². The van der Waals surface area contributed by atoms with E-state index >= 15 is 0 Å². The molecule has 0 spiro atoms. The zero-order valence-corrected chi connectivity index (χ0v) is 13.7. The molecule has 0 aliphatic heterocycles. The van der Waals surface area contributed by atoms with Crippen molar-refractivity contribution in [3.8, 4) is 0 Å². The van der Waals surface area contributed by atoms with Gasteiger partial charge < -0.3 is 10.0 Å². The molecule has 1 aliphatic carbocycles. The molecule has 0 radical (unpaired) electrons. The summed E-state index contributed by atoms with van der Waals surface area (Å²) in [5.74, 6) is -0.811. The van der Waals surface area contributed by atoms with Gasteiger partial charge in [-0.3, -0.25) is 4.79 Å². The Morgan fingerprint density at radius 2 is 1.85 bits per heavy atom. The van der Waals surface area contributed by atoms with Crippen LogP contribution in [0.5, 0.6) is 0 Å². The minimum Gasteiger partial charge on any atom is -0.481 e. The minimum absolute atomic E-state index is 0.0170. The van der Waals surface area contributed by atoms with Crippen LogP contribution in [-0.2, 0) is 14.6 Å². The van der Waals surface area contributed by atoms with Crippen LogP contribution in [0.4, 0.5) is 0 Å². The Balaban J connectivity index is 2.69. The Morgan fingerprint density at radius 3 is 2.35 bits per heavy atom. The predicted octanol–water partition coefficient (Wildman–Crippen LogP) is 1.77. The number of carboxylic acid groups (broad SMARTS) is 1. The molecule has 1 aliphatic rings. The molecule has 0 amide bonds. The monoisotopic (exact) mass is 305 g/mol. The van der Waals surface area contributed by atoms with Gasteiger partial charge in [0.2, 0.25) is 0 Å². The van der Waals surface area contributed by atoms with Crippen LogP contribution in [0.25, 0.3) is 0 Å². The lowest BCUT2D eigenvalue weighted by molar-refractivity contribution is -0.147. The van der Waals surface area contributed by atoms with Gasteiger partial charge in [-0.05, 0) is 46.7 Å². The summed E-state index contributed by atoms with van der Waals surface area (Å²) >= 11 is 0. The van der Waals surface area contributed by atoms with E-state index < -0.39 is 21.2 Å². The molecule has 0 aromatic heterocycles. The number of carbonyl (C=O) groups is 1. The van der Waals surface area contributed by atoms with Crippen LogP contribution >= 0.6 is 0 Å². The molecule has 2 unspecified atom stereocenters. The van der Waals surface area contributed by atoms with Gasteiger partial charge in [0.15, 0.2) is 9.84 Å². The molecule has 0 aromatic rings. The molecular weight excluding hydrogens is 278 g/mol. The third-order valence-electron chi connectivity index (χ3n) is 4.45. The Kier molecular flexibility index (Phi) is 5.61. The summed E-state index contributed by atoms with van der Waals surface area (Å²) in [5.41, 5.74) is -0.774. The lowest BCUT2D eigenvalue weighted by Gasteiger charge is -2.38. The van der Waals surface area contributed by atoms with Crippen molar-refractivity contribution in [3.05, 3.63) is 0 Å². The first-order valence-electron chi connectivity index (χ1n) is 7.18. The van der Waals surface area contributed by atoms with E-state index in [2.05, 4.69) is 0 Å². The zero-order chi connectivity index (χ0) is 15.6. The molecule has 1 rings (SSSR count). The molecule has 0 bridgehead atoms. The normalized spacial score (nSPS) is 24.9. The summed E-state index contributed by atoms with van der Waals surface area (Å²) in [6.45, 7) is 4.02. The fourth-order valence-corrected chi connectivity index (χ4v) is 4.32. The van der Waals surface area contributed by atoms with Crippen molar-refractivity contribution in [3.63, 3.8) is 0 Å². The number of hydrogen-bond donors (Lipinski definition) is 1. The van der Waals surface area contributed by atoms with E-state index in [9.17, 15) is 13.2 Å². The molecule has 6 heteroatoms. The lowest BCUT2D eigenvalue weighted by atomic mass is 9.88. The molecule has 5 nitrogen and oxygen atoms in total. The van der Waals surface area contributed by atoms with Crippen LogP contribution in [0.1, 0.15) is 46.0 Å². The predicted molar refractivity (Wildman–Crippen MR) is 79.6 cm³/mol. The highest BCUT2D eigenvalue weighted by Gasteiger charge is 2.36. The van der Waals surface area contributed by atoms with Crippen molar-refractivity contribution in [1.29, 1.82) is 0 Å². The third kappa shape index (κ3) is 4.45. The summed E-state index contributed by atoms with van der Waals surface area (Å²) in [7, 11) is -1.14. The number of aliphatic carboxylic acids is 1. The van der Waals surface area contributed by atoms with Crippen LogP contribution in [0.15, 0.2) is 0 Å². The van der Waals surface area contributed by atoms with Crippen LogP contribution in [0.3, 0.4) is 0 Å². The number of rotatable bonds is 6. The fourth-order valence-electron chi connectivity index (χ4n) is 2.81. The molecule has 0 aromatic carbocycles. The highest BCUT2D eigenvalue weighted by atomic mass is 32.2. The molecule has 118 valence electrons. The van der Waals surface area contributed by atoms with Crippen molar-refractivity contribution in [2.75, 3.05) is 19.8 Å². The maximum atomic E-state index is 11.9. The lowest BCUT2D eigenvalue weighted by Crippen LogP contribution is -2.48. The summed E-state index contributed by atoms with van der Waals surface area (Å²) in [4.78, 5) is 13.2. The van der Waals surface area contributed by atoms with Gasteiger partial charge in [-0.15, -0.1) is 0 Å². The van der Waals surface area contributed by atoms with Crippen molar-refractivity contribution >= 4 is 15.8 Å². The summed E-state index contributed by atoms with van der Waals surface area (Å²) in [6, 6.07) is 0.0170. The van der Waals surface area contributed by atoms with Crippen LogP contribution in [-0.4, -0.2) is 55.5 Å². The van der Waals surface area contributed by atoms with Gasteiger partial charge in [-0.1, -0.05) is 12.8 Å². The van der Waals surface area contributed by atoms with Gasteiger partial charge in [0.25, 0.3) is 0 Å². The minimum atomic E-state index is -3.05. The summed E-state index contributed by atoms with van der Waals surface area (Å²) in [6.07, 6.45) is 5.43. The van der Waals surface area contributed by atoms with Crippen LogP contribution in [0.2, 0.25) is 0 Å². The van der Waals surface area contributed by atoms with Gasteiger partial charge in [0.1, 0.15) is 0 Å². The second-order valence-corrected chi connectivity index (χ2v) is 8.90. The molecule has 1 N–H and O–H groups in total. The smallest absolute Gasteiger partial charge is 0.309 e. The van der Waals surface area contributed by atoms with Crippen molar-refractivity contribution in [1.82, 2.24) is 4.90 Å². The van der Waals surface area contributed by atoms with Gasteiger partial charge in [-0.25, -0.2) is 8.42 Å². The summed E-state index contributed by atoms with van der Waals surface area (Å²) < 4.78 is 23.8. The molecule has 1 fully saturated rings.